The van der Waals surface area contributed by atoms with Gasteiger partial charge in [0.25, 0.3) is 0 Å². The van der Waals surface area contributed by atoms with E-state index in [0.29, 0.717) is 6.54 Å². The van der Waals surface area contributed by atoms with Gasteiger partial charge in [0.15, 0.2) is 0 Å². The number of nitrogens with zero attached hydrogens (tertiary/aromatic N) is 1. The lowest BCUT2D eigenvalue weighted by molar-refractivity contribution is -0.108. The second-order valence-electron chi connectivity index (χ2n) is 6.77. The molecule has 0 aromatic heterocycles. The van der Waals surface area contributed by atoms with Gasteiger partial charge in [-0.15, -0.1) is 0 Å². The van der Waals surface area contributed by atoms with Crippen molar-refractivity contribution in [2.45, 2.75) is 70.3 Å². The third-order valence-corrected chi connectivity index (χ3v) is 5.63. The van der Waals surface area contributed by atoms with Crippen LogP contribution < -0.4 is 5.73 Å². The number of likely N-dealkylation sites (tertiary alicyclic amines) is 1. The lowest BCUT2D eigenvalue weighted by Gasteiger charge is -2.49. The third kappa shape index (κ3) is 3.14. The maximum atomic E-state index is 11.3. The number of nitrogens with two attached hydrogens (primary N) is 1. The number of hydrogen-bond donors (Lipinski definition) is 2. The number of aliphatic hydroxyl groups is 1. The average Bonchev–Trinajstić information content (AvgIpc) is 2.63. The van der Waals surface area contributed by atoms with Crippen LogP contribution in [0.1, 0.15) is 64.7 Å². The first-order valence-electron chi connectivity index (χ1n) is 8.31. The van der Waals surface area contributed by atoms with Crippen LogP contribution in [0.15, 0.2) is 0 Å². The summed E-state index contributed by atoms with van der Waals surface area (Å²) in [4.78, 5) is 2.52. The Morgan fingerprint density at radius 3 is 2.37 bits per heavy atom. The lowest BCUT2D eigenvalue weighted by atomic mass is 9.61. The molecule has 0 radical (unpaired) electrons. The van der Waals surface area contributed by atoms with Crippen LogP contribution in [-0.4, -0.2) is 41.8 Å². The van der Waals surface area contributed by atoms with Gasteiger partial charge in [0.2, 0.25) is 0 Å². The summed E-state index contributed by atoms with van der Waals surface area (Å²) in [5, 5.41) is 11.3. The van der Waals surface area contributed by atoms with E-state index >= 15 is 0 Å². The maximum absolute atomic E-state index is 11.3. The predicted octanol–water partition coefficient (Wildman–Crippen LogP) is 2.52. The van der Waals surface area contributed by atoms with Crippen molar-refractivity contribution < 1.29 is 5.11 Å². The molecule has 1 aliphatic carbocycles. The first kappa shape index (κ1) is 15.3. The number of hydrogen-bond acceptors (Lipinski definition) is 3. The molecule has 0 spiro atoms. The summed E-state index contributed by atoms with van der Waals surface area (Å²) < 4.78 is 0. The molecule has 2 fully saturated rings. The molecule has 2 rings (SSSR count). The lowest BCUT2D eigenvalue weighted by Crippen LogP contribution is -2.54. The molecule has 1 heterocycles. The van der Waals surface area contributed by atoms with E-state index in [1.54, 1.807) is 0 Å². The highest BCUT2D eigenvalue weighted by Crippen LogP contribution is 2.48. The summed E-state index contributed by atoms with van der Waals surface area (Å²) in [5.74, 6) is 0. The zero-order valence-electron chi connectivity index (χ0n) is 12.7. The smallest absolute Gasteiger partial charge is 0.0728 e. The molecular weight excluding hydrogens is 236 g/mol. The minimum absolute atomic E-state index is 0.00742. The molecule has 0 aromatic rings. The Bertz CT molecular complexity index is 276. The molecule has 0 aromatic carbocycles. The summed E-state index contributed by atoms with van der Waals surface area (Å²) in [6.07, 6.45) is 10.3. The third-order valence-electron chi connectivity index (χ3n) is 5.63. The molecule has 1 atom stereocenters. The fraction of sp³-hybridized carbons (Fsp3) is 1.00. The summed E-state index contributed by atoms with van der Waals surface area (Å²) in [5.41, 5.74) is 5.62. The van der Waals surface area contributed by atoms with Crippen molar-refractivity contribution >= 4 is 0 Å². The molecule has 0 amide bonds. The van der Waals surface area contributed by atoms with Gasteiger partial charge in [-0.3, -0.25) is 0 Å². The van der Waals surface area contributed by atoms with Crippen molar-refractivity contribution in [3.63, 3.8) is 0 Å². The monoisotopic (exact) mass is 268 g/mol. The summed E-state index contributed by atoms with van der Waals surface area (Å²) in [6.45, 7) is 6.27. The van der Waals surface area contributed by atoms with Crippen LogP contribution in [0.2, 0.25) is 0 Å². The molecule has 3 heteroatoms. The Hall–Kier alpha value is -0.120. The van der Waals surface area contributed by atoms with E-state index in [1.807, 2.05) is 0 Å². The normalized spacial score (nSPS) is 33.0. The van der Waals surface area contributed by atoms with Gasteiger partial charge in [0, 0.05) is 18.5 Å². The largest absolute Gasteiger partial charge is 0.389 e. The molecule has 1 saturated heterocycles. The second-order valence-corrected chi connectivity index (χ2v) is 6.77. The predicted molar refractivity (Wildman–Crippen MR) is 80.1 cm³/mol. The van der Waals surface area contributed by atoms with Crippen molar-refractivity contribution in [1.82, 2.24) is 4.90 Å². The van der Waals surface area contributed by atoms with Crippen molar-refractivity contribution in [2.75, 3.05) is 26.2 Å². The highest BCUT2D eigenvalue weighted by atomic mass is 16.3. The molecular formula is C16H32N2O. The van der Waals surface area contributed by atoms with Crippen molar-refractivity contribution in [3.05, 3.63) is 0 Å². The minimum Gasteiger partial charge on any atom is -0.389 e. The van der Waals surface area contributed by atoms with E-state index in [-0.39, 0.29) is 5.41 Å². The number of rotatable bonds is 4. The standard InChI is InChI=1S/C16H32N2O/c1-2-11-18-12-6-9-16(19,10-13-18)15(14-17)7-4-3-5-8-15/h19H,2-14,17H2,1H3. The van der Waals surface area contributed by atoms with Gasteiger partial charge in [-0.1, -0.05) is 26.2 Å². The van der Waals surface area contributed by atoms with E-state index in [9.17, 15) is 5.11 Å². The highest BCUT2D eigenvalue weighted by Gasteiger charge is 2.49. The minimum atomic E-state index is -0.509. The molecule has 112 valence electrons. The zero-order valence-corrected chi connectivity index (χ0v) is 12.7. The summed E-state index contributed by atoms with van der Waals surface area (Å²) in [7, 11) is 0. The van der Waals surface area contributed by atoms with Crippen LogP contribution in [0, 0.1) is 5.41 Å². The van der Waals surface area contributed by atoms with Crippen molar-refractivity contribution in [3.8, 4) is 0 Å². The van der Waals surface area contributed by atoms with E-state index in [4.69, 9.17) is 5.73 Å². The van der Waals surface area contributed by atoms with E-state index in [0.717, 1.165) is 45.2 Å². The first-order chi connectivity index (χ1) is 9.16. The Morgan fingerprint density at radius 1 is 1.00 bits per heavy atom. The fourth-order valence-corrected chi connectivity index (χ4v) is 4.33. The molecule has 19 heavy (non-hydrogen) atoms. The quantitative estimate of drug-likeness (QED) is 0.824. The van der Waals surface area contributed by atoms with Crippen molar-refractivity contribution in [1.29, 1.82) is 0 Å². The van der Waals surface area contributed by atoms with E-state index in [2.05, 4.69) is 11.8 Å². The van der Waals surface area contributed by atoms with Gasteiger partial charge >= 0.3 is 0 Å². The van der Waals surface area contributed by atoms with Gasteiger partial charge in [-0.05, 0) is 51.6 Å². The average molecular weight is 268 g/mol. The molecule has 1 aliphatic heterocycles. The highest BCUT2D eigenvalue weighted by molar-refractivity contribution is 5.02. The van der Waals surface area contributed by atoms with Crippen LogP contribution in [0.3, 0.4) is 0 Å². The molecule has 1 saturated carbocycles. The first-order valence-corrected chi connectivity index (χ1v) is 8.31. The van der Waals surface area contributed by atoms with Crippen molar-refractivity contribution in [2.24, 2.45) is 11.1 Å². The van der Waals surface area contributed by atoms with Gasteiger partial charge in [0.05, 0.1) is 5.60 Å². The zero-order chi connectivity index (χ0) is 13.8. The van der Waals surface area contributed by atoms with E-state index < -0.39 is 5.60 Å². The maximum Gasteiger partial charge on any atom is 0.0728 e. The molecule has 0 bridgehead atoms. The van der Waals surface area contributed by atoms with Gasteiger partial charge < -0.3 is 15.7 Å². The molecule has 1 unspecified atom stereocenters. The summed E-state index contributed by atoms with van der Waals surface area (Å²) in [6, 6.07) is 0. The van der Waals surface area contributed by atoms with Crippen LogP contribution in [0.4, 0.5) is 0 Å². The van der Waals surface area contributed by atoms with Crippen LogP contribution in [0.25, 0.3) is 0 Å². The van der Waals surface area contributed by atoms with E-state index in [1.165, 1.54) is 32.2 Å². The van der Waals surface area contributed by atoms with Gasteiger partial charge in [-0.2, -0.15) is 0 Å². The Labute approximate surface area is 118 Å². The molecule has 3 N–H and O–H groups in total. The molecule has 2 aliphatic rings. The van der Waals surface area contributed by atoms with Gasteiger partial charge in [0.1, 0.15) is 0 Å². The SMILES string of the molecule is CCCN1CCCC(O)(C2(CN)CCCCC2)CC1. The topological polar surface area (TPSA) is 49.5 Å². The second kappa shape index (κ2) is 6.55. The molecule has 3 nitrogen and oxygen atoms in total. The summed E-state index contributed by atoms with van der Waals surface area (Å²) >= 11 is 0. The van der Waals surface area contributed by atoms with Crippen LogP contribution >= 0.6 is 0 Å². The Balaban J connectivity index is 2.07. The van der Waals surface area contributed by atoms with Crippen LogP contribution in [-0.2, 0) is 0 Å². The Morgan fingerprint density at radius 2 is 1.74 bits per heavy atom. The fourth-order valence-electron chi connectivity index (χ4n) is 4.33. The Kier molecular flexibility index (Phi) is 5.27. The van der Waals surface area contributed by atoms with Gasteiger partial charge in [-0.25, -0.2) is 0 Å². The van der Waals surface area contributed by atoms with Crippen LogP contribution in [0.5, 0.6) is 0 Å².